The molecule has 7 heteroatoms. The Morgan fingerprint density at radius 1 is 1.29 bits per heavy atom. The van der Waals surface area contributed by atoms with Crippen LogP contribution < -0.4 is 0 Å². The van der Waals surface area contributed by atoms with Gasteiger partial charge in [-0.2, -0.15) is 0 Å². The lowest BCUT2D eigenvalue weighted by molar-refractivity contribution is 0.0593. The molecule has 1 aromatic heterocycles. The fourth-order valence-electron chi connectivity index (χ4n) is 1.53. The van der Waals surface area contributed by atoms with Gasteiger partial charge in [-0.05, 0) is 30.3 Å². The number of ether oxygens (including phenoxy) is 1. The van der Waals surface area contributed by atoms with Crippen LogP contribution in [0.5, 0.6) is 0 Å². The molecule has 0 fully saturated rings. The zero-order valence-corrected chi connectivity index (χ0v) is 11.7. The summed E-state index contributed by atoms with van der Waals surface area (Å²) in [6, 6.07) is 6.55. The molecule has 5 nitrogen and oxygen atoms in total. The van der Waals surface area contributed by atoms with Gasteiger partial charge in [0.2, 0.25) is 0 Å². The molecule has 0 spiro atoms. The zero-order valence-electron chi connectivity index (χ0n) is 10.9. The molecule has 1 heterocycles. The summed E-state index contributed by atoms with van der Waals surface area (Å²) in [6.07, 6.45) is 1.40. The van der Waals surface area contributed by atoms with Crippen molar-refractivity contribution in [3.63, 3.8) is 0 Å². The van der Waals surface area contributed by atoms with E-state index in [0.29, 0.717) is 4.90 Å². The van der Waals surface area contributed by atoms with E-state index in [9.17, 15) is 14.0 Å². The molecule has 1 N–H and O–H groups in total. The summed E-state index contributed by atoms with van der Waals surface area (Å²) in [4.78, 5) is 26.8. The van der Waals surface area contributed by atoms with E-state index in [1.807, 2.05) is 0 Å². The highest BCUT2D eigenvalue weighted by molar-refractivity contribution is 7.99. The van der Waals surface area contributed by atoms with Gasteiger partial charge in [0, 0.05) is 16.0 Å². The van der Waals surface area contributed by atoms with E-state index in [4.69, 9.17) is 5.11 Å². The van der Waals surface area contributed by atoms with Crippen molar-refractivity contribution in [2.45, 2.75) is 9.79 Å². The van der Waals surface area contributed by atoms with Crippen LogP contribution in [-0.4, -0.2) is 29.1 Å². The molecule has 21 heavy (non-hydrogen) atoms. The summed E-state index contributed by atoms with van der Waals surface area (Å²) in [5.41, 5.74) is 0.0819. The van der Waals surface area contributed by atoms with E-state index in [1.165, 1.54) is 31.5 Å². The molecule has 0 atom stereocenters. The molecule has 0 radical (unpaired) electrons. The van der Waals surface area contributed by atoms with E-state index in [0.717, 1.165) is 17.8 Å². The first-order valence-corrected chi connectivity index (χ1v) is 6.58. The van der Waals surface area contributed by atoms with E-state index < -0.39 is 17.8 Å². The minimum Gasteiger partial charge on any atom is -0.478 e. The Morgan fingerprint density at radius 3 is 2.71 bits per heavy atom. The van der Waals surface area contributed by atoms with Crippen molar-refractivity contribution >= 4 is 23.7 Å². The van der Waals surface area contributed by atoms with Crippen molar-refractivity contribution < 1.29 is 23.8 Å². The monoisotopic (exact) mass is 307 g/mol. The number of benzene rings is 1. The smallest absolute Gasteiger partial charge is 0.356 e. The normalized spacial score (nSPS) is 10.2. The van der Waals surface area contributed by atoms with Crippen molar-refractivity contribution in [2.75, 3.05) is 7.11 Å². The van der Waals surface area contributed by atoms with Crippen LogP contribution in [-0.2, 0) is 4.74 Å². The standard InChI is InChI=1S/C14H10FNO4S/c1-20-14(19)11-7-9(4-5-16-11)21-12-6-8(13(17)18)2-3-10(12)15/h2-7H,1H3,(H,17,18). The fourth-order valence-corrected chi connectivity index (χ4v) is 2.44. The summed E-state index contributed by atoms with van der Waals surface area (Å²) in [5, 5.41) is 8.91. The molecule has 108 valence electrons. The molecule has 0 aliphatic rings. The third-order valence-corrected chi connectivity index (χ3v) is 3.55. The van der Waals surface area contributed by atoms with Crippen LogP contribution in [0.2, 0.25) is 0 Å². The van der Waals surface area contributed by atoms with E-state index in [1.54, 1.807) is 6.07 Å². The van der Waals surface area contributed by atoms with Gasteiger partial charge in [-0.25, -0.2) is 19.0 Å². The lowest BCUT2D eigenvalue weighted by Gasteiger charge is -2.05. The molecule has 0 saturated heterocycles. The van der Waals surface area contributed by atoms with Crippen LogP contribution in [0.4, 0.5) is 4.39 Å². The first kappa shape index (κ1) is 15.0. The number of hydrogen-bond acceptors (Lipinski definition) is 5. The lowest BCUT2D eigenvalue weighted by Crippen LogP contribution is -2.03. The Morgan fingerprint density at radius 2 is 2.05 bits per heavy atom. The largest absolute Gasteiger partial charge is 0.478 e. The second-order valence-corrected chi connectivity index (χ2v) is 5.04. The fraction of sp³-hybridized carbons (Fsp3) is 0.0714. The SMILES string of the molecule is COC(=O)c1cc(Sc2cc(C(=O)O)ccc2F)ccn1. The highest BCUT2D eigenvalue weighted by Crippen LogP contribution is 2.30. The van der Waals surface area contributed by atoms with Crippen LogP contribution >= 0.6 is 11.8 Å². The first-order valence-electron chi connectivity index (χ1n) is 5.76. The molecular weight excluding hydrogens is 297 g/mol. The van der Waals surface area contributed by atoms with Crippen LogP contribution in [0.1, 0.15) is 20.8 Å². The van der Waals surface area contributed by atoms with Gasteiger partial charge < -0.3 is 9.84 Å². The van der Waals surface area contributed by atoms with Gasteiger partial charge in [-0.15, -0.1) is 0 Å². The van der Waals surface area contributed by atoms with Gasteiger partial charge in [-0.1, -0.05) is 11.8 Å². The van der Waals surface area contributed by atoms with Crippen LogP contribution in [0, 0.1) is 5.82 Å². The number of aromatic nitrogens is 1. The third kappa shape index (κ3) is 3.57. The molecule has 0 aliphatic carbocycles. The Bertz CT molecular complexity index is 705. The Labute approximate surface area is 123 Å². The molecule has 0 amide bonds. The lowest BCUT2D eigenvalue weighted by atomic mass is 10.2. The average Bonchev–Trinajstić information content (AvgIpc) is 2.48. The van der Waals surface area contributed by atoms with E-state index in [-0.39, 0.29) is 16.2 Å². The number of pyridine rings is 1. The van der Waals surface area contributed by atoms with Gasteiger partial charge in [-0.3, -0.25) is 0 Å². The number of rotatable bonds is 4. The number of nitrogens with zero attached hydrogens (tertiary/aromatic N) is 1. The minimum absolute atomic E-state index is 0.0128. The molecule has 0 aliphatic heterocycles. The van der Waals surface area contributed by atoms with Crippen molar-refractivity contribution in [1.29, 1.82) is 0 Å². The van der Waals surface area contributed by atoms with Gasteiger partial charge in [0.25, 0.3) is 0 Å². The maximum Gasteiger partial charge on any atom is 0.356 e. The number of carboxylic acid groups (broad SMARTS) is 1. The van der Waals surface area contributed by atoms with Crippen molar-refractivity contribution in [3.05, 3.63) is 53.6 Å². The number of carbonyl (C=O) groups excluding carboxylic acids is 1. The Balaban J connectivity index is 2.32. The molecule has 1 aromatic carbocycles. The van der Waals surface area contributed by atoms with Gasteiger partial charge in [0.15, 0.2) is 0 Å². The summed E-state index contributed by atoms with van der Waals surface area (Å²) in [7, 11) is 1.24. The Kier molecular flexibility index (Phi) is 4.54. The maximum atomic E-state index is 13.7. The Hall–Kier alpha value is -2.41. The molecule has 0 unspecified atom stereocenters. The third-order valence-electron chi connectivity index (χ3n) is 2.53. The van der Waals surface area contributed by atoms with Crippen LogP contribution in [0.3, 0.4) is 0 Å². The number of aromatic carboxylic acids is 1. The maximum absolute atomic E-state index is 13.7. The number of carboxylic acids is 1. The van der Waals surface area contributed by atoms with Gasteiger partial charge in [0.05, 0.1) is 12.7 Å². The average molecular weight is 307 g/mol. The number of methoxy groups -OCH3 is 1. The predicted octanol–water partition coefficient (Wildman–Crippen LogP) is 2.86. The minimum atomic E-state index is -1.14. The summed E-state index contributed by atoms with van der Waals surface area (Å²) >= 11 is 1.00. The zero-order chi connectivity index (χ0) is 15.4. The molecule has 2 aromatic rings. The number of hydrogen-bond donors (Lipinski definition) is 1. The van der Waals surface area contributed by atoms with E-state index in [2.05, 4.69) is 9.72 Å². The number of esters is 1. The molecule has 0 bridgehead atoms. The van der Waals surface area contributed by atoms with E-state index >= 15 is 0 Å². The first-order chi connectivity index (χ1) is 10.0. The van der Waals surface area contributed by atoms with Crippen LogP contribution in [0.25, 0.3) is 0 Å². The van der Waals surface area contributed by atoms with Crippen molar-refractivity contribution in [2.24, 2.45) is 0 Å². The summed E-state index contributed by atoms with van der Waals surface area (Å²) in [6.45, 7) is 0. The highest BCUT2D eigenvalue weighted by Gasteiger charge is 2.12. The van der Waals surface area contributed by atoms with Crippen LogP contribution in [0.15, 0.2) is 46.3 Å². The predicted molar refractivity (Wildman–Crippen MR) is 73.1 cm³/mol. The number of halogens is 1. The topological polar surface area (TPSA) is 76.5 Å². The number of carbonyl (C=O) groups is 2. The quantitative estimate of drug-likeness (QED) is 0.875. The molecule has 0 saturated carbocycles. The highest BCUT2D eigenvalue weighted by atomic mass is 32.2. The van der Waals surface area contributed by atoms with Gasteiger partial charge in [0.1, 0.15) is 11.5 Å². The van der Waals surface area contributed by atoms with Crippen molar-refractivity contribution in [1.82, 2.24) is 4.98 Å². The summed E-state index contributed by atoms with van der Waals surface area (Å²) in [5.74, 6) is -2.28. The summed E-state index contributed by atoms with van der Waals surface area (Å²) < 4.78 is 18.3. The van der Waals surface area contributed by atoms with Crippen molar-refractivity contribution in [3.8, 4) is 0 Å². The second-order valence-electron chi connectivity index (χ2n) is 3.92. The second kappa shape index (κ2) is 6.36. The van der Waals surface area contributed by atoms with Gasteiger partial charge >= 0.3 is 11.9 Å². The molecular formula is C14H10FNO4S. The molecule has 2 rings (SSSR count).